The fourth-order valence-electron chi connectivity index (χ4n) is 4.99. The van der Waals surface area contributed by atoms with E-state index < -0.39 is 0 Å². The van der Waals surface area contributed by atoms with Gasteiger partial charge in [0.1, 0.15) is 5.65 Å². The smallest absolute Gasteiger partial charge is 0.146 e. The standard InChI is InChI=1S/C26H13N3S2/c1-2-6-19-14(4-1)17-12-18-22(13-21(17)30-19)31-20-8-7-15-24-16(5-3-9-27-24)26-28-10-11-29(26)25(15)23(18)20/h1-13H. The van der Waals surface area contributed by atoms with E-state index in [-0.39, 0.29) is 0 Å². The molecular weight excluding hydrogens is 418 g/mol. The highest BCUT2D eigenvalue weighted by atomic mass is 32.1. The lowest BCUT2D eigenvalue weighted by Gasteiger charge is -2.09. The lowest BCUT2D eigenvalue weighted by Crippen LogP contribution is -1.92. The second-order valence-corrected chi connectivity index (χ2v) is 10.1. The number of nitrogens with zero attached hydrogens (tertiary/aromatic N) is 3. The molecule has 5 heteroatoms. The van der Waals surface area contributed by atoms with E-state index in [1.807, 2.05) is 41.1 Å². The van der Waals surface area contributed by atoms with Gasteiger partial charge in [-0.2, -0.15) is 0 Å². The quantitative estimate of drug-likeness (QED) is 0.230. The Morgan fingerprint density at radius 1 is 0.613 bits per heavy atom. The van der Waals surface area contributed by atoms with Gasteiger partial charge in [0.15, 0.2) is 0 Å². The summed E-state index contributed by atoms with van der Waals surface area (Å²) in [6.07, 6.45) is 5.84. The summed E-state index contributed by atoms with van der Waals surface area (Å²) in [6, 6.07) is 22.0. The number of pyridine rings is 2. The van der Waals surface area contributed by atoms with Crippen LogP contribution < -0.4 is 0 Å². The molecule has 0 aliphatic heterocycles. The number of fused-ring (bicyclic) bond motifs is 13. The van der Waals surface area contributed by atoms with Crippen molar-refractivity contribution in [1.82, 2.24) is 14.4 Å². The summed E-state index contributed by atoms with van der Waals surface area (Å²) >= 11 is 3.75. The van der Waals surface area contributed by atoms with E-state index in [9.17, 15) is 0 Å². The molecule has 0 saturated heterocycles. The van der Waals surface area contributed by atoms with Gasteiger partial charge in [-0.05, 0) is 42.5 Å². The van der Waals surface area contributed by atoms with Crippen molar-refractivity contribution in [1.29, 1.82) is 0 Å². The van der Waals surface area contributed by atoms with Crippen molar-refractivity contribution in [3.63, 3.8) is 0 Å². The summed E-state index contributed by atoms with van der Waals surface area (Å²) in [5, 5.41) is 7.54. The molecule has 0 aliphatic rings. The van der Waals surface area contributed by atoms with Gasteiger partial charge in [-0.15, -0.1) is 22.7 Å². The molecule has 0 unspecified atom stereocenters. The number of hydrogen-bond donors (Lipinski definition) is 0. The van der Waals surface area contributed by atoms with Crippen molar-refractivity contribution in [3.05, 3.63) is 79.3 Å². The zero-order chi connectivity index (χ0) is 20.1. The third kappa shape index (κ3) is 1.98. The van der Waals surface area contributed by atoms with E-state index in [4.69, 9.17) is 4.98 Å². The molecule has 8 aromatic rings. The third-order valence-electron chi connectivity index (χ3n) is 6.29. The molecule has 0 fully saturated rings. The molecular formula is C26H13N3S2. The van der Waals surface area contributed by atoms with Crippen molar-refractivity contribution >= 4 is 90.5 Å². The highest BCUT2D eigenvalue weighted by Crippen LogP contribution is 2.44. The van der Waals surface area contributed by atoms with Crippen molar-refractivity contribution in [2.45, 2.75) is 0 Å². The topological polar surface area (TPSA) is 30.2 Å². The van der Waals surface area contributed by atoms with E-state index in [0.717, 1.165) is 16.6 Å². The Morgan fingerprint density at radius 2 is 1.48 bits per heavy atom. The summed E-state index contributed by atoms with van der Waals surface area (Å²) in [7, 11) is 0. The van der Waals surface area contributed by atoms with Crippen LogP contribution in [0.1, 0.15) is 0 Å². The molecule has 0 N–H and O–H groups in total. The number of hydrogen-bond acceptors (Lipinski definition) is 4. The average Bonchev–Trinajstić information content (AvgIpc) is 3.52. The van der Waals surface area contributed by atoms with Gasteiger partial charge in [0.25, 0.3) is 0 Å². The van der Waals surface area contributed by atoms with Crippen LogP contribution in [0.2, 0.25) is 0 Å². The number of rotatable bonds is 0. The zero-order valence-corrected chi connectivity index (χ0v) is 17.8. The van der Waals surface area contributed by atoms with Crippen molar-refractivity contribution in [3.8, 4) is 0 Å². The van der Waals surface area contributed by atoms with Gasteiger partial charge >= 0.3 is 0 Å². The average molecular weight is 432 g/mol. The van der Waals surface area contributed by atoms with Crippen molar-refractivity contribution < 1.29 is 0 Å². The van der Waals surface area contributed by atoms with E-state index in [1.165, 1.54) is 51.2 Å². The Bertz CT molecular complexity index is 2010. The van der Waals surface area contributed by atoms with Crippen LogP contribution in [-0.4, -0.2) is 14.4 Å². The molecule has 0 aliphatic carbocycles. The Labute approximate surface area is 183 Å². The molecule has 8 rings (SSSR count). The van der Waals surface area contributed by atoms with Crippen LogP contribution in [0, 0.1) is 0 Å². The molecule has 31 heavy (non-hydrogen) atoms. The minimum Gasteiger partial charge on any atom is -0.298 e. The van der Waals surface area contributed by atoms with Crippen LogP contribution in [0.3, 0.4) is 0 Å². The first kappa shape index (κ1) is 16.2. The monoisotopic (exact) mass is 431 g/mol. The second-order valence-electron chi connectivity index (χ2n) is 7.90. The molecule has 0 bridgehead atoms. The molecule has 144 valence electrons. The van der Waals surface area contributed by atoms with Gasteiger partial charge < -0.3 is 0 Å². The van der Waals surface area contributed by atoms with Crippen molar-refractivity contribution in [2.75, 3.05) is 0 Å². The molecule has 3 aromatic carbocycles. The van der Waals surface area contributed by atoms with Gasteiger partial charge in [-0.3, -0.25) is 9.38 Å². The van der Waals surface area contributed by atoms with Crippen LogP contribution in [0.4, 0.5) is 0 Å². The fraction of sp³-hybridized carbons (Fsp3) is 0. The van der Waals surface area contributed by atoms with E-state index in [0.29, 0.717) is 0 Å². The first-order chi connectivity index (χ1) is 15.4. The predicted molar refractivity (Wildman–Crippen MR) is 134 cm³/mol. The maximum Gasteiger partial charge on any atom is 0.146 e. The third-order valence-corrected chi connectivity index (χ3v) is 8.54. The summed E-state index contributed by atoms with van der Waals surface area (Å²) in [5.74, 6) is 0. The van der Waals surface area contributed by atoms with E-state index in [2.05, 4.69) is 70.2 Å². The van der Waals surface area contributed by atoms with Crippen molar-refractivity contribution in [2.24, 2.45) is 0 Å². The molecule has 0 amide bonds. The number of benzene rings is 3. The predicted octanol–water partition coefficient (Wildman–Crippen LogP) is 7.77. The first-order valence-corrected chi connectivity index (χ1v) is 11.8. The largest absolute Gasteiger partial charge is 0.298 e. The second kappa shape index (κ2) is 5.58. The Morgan fingerprint density at radius 3 is 2.48 bits per heavy atom. The van der Waals surface area contributed by atoms with Gasteiger partial charge in [-0.1, -0.05) is 18.2 Å². The van der Waals surface area contributed by atoms with Gasteiger partial charge in [0.05, 0.1) is 11.0 Å². The molecule has 5 heterocycles. The molecule has 3 nitrogen and oxygen atoms in total. The summed E-state index contributed by atoms with van der Waals surface area (Å²) in [5.41, 5.74) is 3.17. The zero-order valence-electron chi connectivity index (χ0n) is 16.2. The van der Waals surface area contributed by atoms with Crippen LogP contribution in [-0.2, 0) is 0 Å². The van der Waals surface area contributed by atoms with E-state index >= 15 is 0 Å². The van der Waals surface area contributed by atoms with Gasteiger partial charge in [0.2, 0.25) is 0 Å². The van der Waals surface area contributed by atoms with Gasteiger partial charge in [0, 0.05) is 69.7 Å². The Balaban J connectivity index is 1.68. The molecule has 5 aromatic heterocycles. The first-order valence-electron chi connectivity index (χ1n) is 10.2. The summed E-state index contributed by atoms with van der Waals surface area (Å²) in [6.45, 7) is 0. The normalized spacial score (nSPS) is 12.5. The SMILES string of the molecule is c1ccc2c(c1)sc1cc3sc4ccc5c6ncccc6c6nccn6c5c4c3cc12. The molecule has 0 atom stereocenters. The lowest BCUT2D eigenvalue weighted by molar-refractivity contribution is 1.27. The van der Waals surface area contributed by atoms with Crippen LogP contribution in [0.15, 0.2) is 79.3 Å². The fourth-order valence-corrected chi connectivity index (χ4v) is 7.32. The number of imidazole rings is 1. The summed E-state index contributed by atoms with van der Waals surface area (Å²) < 4.78 is 7.57. The number of aromatic nitrogens is 3. The Kier molecular flexibility index (Phi) is 2.91. The maximum absolute atomic E-state index is 4.74. The van der Waals surface area contributed by atoms with Crippen LogP contribution in [0.5, 0.6) is 0 Å². The highest BCUT2D eigenvalue weighted by Gasteiger charge is 2.17. The molecule has 0 radical (unpaired) electrons. The van der Waals surface area contributed by atoms with Crippen LogP contribution in [0.25, 0.3) is 67.8 Å². The van der Waals surface area contributed by atoms with Crippen LogP contribution >= 0.6 is 22.7 Å². The maximum atomic E-state index is 4.74. The molecule has 0 saturated carbocycles. The summed E-state index contributed by atoms with van der Waals surface area (Å²) in [4.78, 5) is 9.42. The van der Waals surface area contributed by atoms with Gasteiger partial charge in [-0.25, -0.2) is 4.98 Å². The molecule has 0 spiro atoms. The minimum absolute atomic E-state index is 0.963. The lowest BCUT2D eigenvalue weighted by atomic mass is 10.0. The highest BCUT2D eigenvalue weighted by molar-refractivity contribution is 7.28. The Hall–Kier alpha value is -3.54. The van der Waals surface area contributed by atoms with E-state index in [1.54, 1.807) is 0 Å². The number of thiophene rings is 2. The minimum atomic E-state index is 0.963.